The zero-order valence-electron chi connectivity index (χ0n) is 8.24. The van der Waals surface area contributed by atoms with Crippen LogP contribution in [0.5, 0.6) is 5.75 Å². The first kappa shape index (κ1) is 9.06. The molecule has 1 aromatic carbocycles. The van der Waals surface area contributed by atoms with Gasteiger partial charge in [0.25, 0.3) is 0 Å². The molecule has 0 saturated heterocycles. The zero-order chi connectivity index (χ0) is 10.1. The smallest absolute Gasteiger partial charge is 0.316 e. The number of fused-ring (bicyclic) bond motifs is 1. The Morgan fingerprint density at radius 2 is 2.36 bits per heavy atom. The van der Waals surface area contributed by atoms with Gasteiger partial charge in [-0.05, 0) is 18.6 Å². The van der Waals surface area contributed by atoms with Crippen molar-refractivity contribution in [1.82, 2.24) is 0 Å². The summed E-state index contributed by atoms with van der Waals surface area (Å²) in [5.41, 5.74) is 2.07. The minimum atomic E-state index is -0.254. The molecule has 1 aliphatic rings. The molecule has 1 unspecified atom stereocenters. The number of carbonyl (C=O) groups is 1. The van der Waals surface area contributed by atoms with Crippen LogP contribution in [0.4, 0.5) is 0 Å². The van der Waals surface area contributed by atoms with Gasteiger partial charge in [0.1, 0.15) is 18.3 Å². The first-order chi connectivity index (χ1) is 6.72. The maximum Gasteiger partial charge on any atom is 0.316 e. The van der Waals surface area contributed by atoms with Gasteiger partial charge in [0.05, 0.1) is 7.11 Å². The summed E-state index contributed by atoms with van der Waals surface area (Å²) in [6, 6.07) is 5.85. The highest BCUT2D eigenvalue weighted by molar-refractivity contribution is 5.80. The lowest BCUT2D eigenvalue weighted by Crippen LogP contribution is -2.15. The Morgan fingerprint density at radius 3 is 3.07 bits per heavy atom. The van der Waals surface area contributed by atoms with E-state index in [1.54, 1.807) is 0 Å². The monoisotopic (exact) mass is 192 g/mol. The molecule has 0 N–H and O–H groups in total. The van der Waals surface area contributed by atoms with Crippen LogP contribution in [0.2, 0.25) is 0 Å². The molecule has 1 aromatic rings. The number of carbonyl (C=O) groups excluding carboxylic acids is 1. The molecule has 0 bridgehead atoms. The van der Waals surface area contributed by atoms with E-state index in [9.17, 15) is 4.79 Å². The first-order valence-corrected chi connectivity index (χ1v) is 4.53. The molecule has 2 rings (SSSR count). The normalized spacial score (nSPS) is 18.6. The average Bonchev–Trinajstić information content (AvgIpc) is 2.59. The predicted octanol–water partition coefficient (Wildman–Crippen LogP) is 1.64. The van der Waals surface area contributed by atoms with Gasteiger partial charge in [-0.25, -0.2) is 0 Å². The van der Waals surface area contributed by atoms with Crippen LogP contribution < -0.4 is 4.74 Å². The molecule has 1 atom stereocenters. The molecule has 0 amide bonds. The first-order valence-electron chi connectivity index (χ1n) is 4.53. The van der Waals surface area contributed by atoms with Crippen LogP contribution in [-0.4, -0.2) is 19.7 Å². The van der Waals surface area contributed by atoms with Crippen molar-refractivity contribution < 1.29 is 14.3 Å². The van der Waals surface area contributed by atoms with E-state index in [2.05, 4.69) is 0 Å². The van der Waals surface area contributed by atoms with Crippen LogP contribution in [0.3, 0.4) is 0 Å². The summed E-state index contributed by atoms with van der Waals surface area (Å²) >= 11 is 0. The number of esters is 1. The summed E-state index contributed by atoms with van der Waals surface area (Å²) in [5.74, 6) is 0.323. The lowest BCUT2D eigenvalue weighted by atomic mass is 10.0. The third kappa shape index (κ3) is 1.35. The molecule has 1 heterocycles. The molecular weight excluding hydrogens is 180 g/mol. The number of hydrogen-bond acceptors (Lipinski definition) is 3. The largest absolute Gasteiger partial charge is 0.492 e. The molecule has 0 aromatic heterocycles. The Morgan fingerprint density at radius 1 is 1.57 bits per heavy atom. The highest BCUT2D eigenvalue weighted by atomic mass is 16.5. The van der Waals surface area contributed by atoms with Gasteiger partial charge in [-0.1, -0.05) is 12.1 Å². The summed E-state index contributed by atoms with van der Waals surface area (Å²) in [5, 5.41) is 0. The maximum absolute atomic E-state index is 11.4. The molecule has 0 aliphatic carbocycles. The topological polar surface area (TPSA) is 35.5 Å². The Hall–Kier alpha value is -1.51. The fourth-order valence-electron chi connectivity index (χ4n) is 1.65. The van der Waals surface area contributed by atoms with E-state index in [0.717, 1.165) is 16.9 Å². The van der Waals surface area contributed by atoms with Crippen LogP contribution >= 0.6 is 0 Å². The third-order valence-corrected chi connectivity index (χ3v) is 2.44. The highest BCUT2D eigenvalue weighted by Gasteiger charge is 2.30. The van der Waals surface area contributed by atoms with E-state index in [1.807, 2.05) is 25.1 Å². The van der Waals surface area contributed by atoms with Crippen molar-refractivity contribution in [3.05, 3.63) is 29.3 Å². The van der Waals surface area contributed by atoms with Crippen molar-refractivity contribution >= 4 is 5.97 Å². The van der Waals surface area contributed by atoms with E-state index in [-0.39, 0.29) is 11.9 Å². The molecule has 3 heteroatoms. The van der Waals surface area contributed by atoms with Crippen molar-refractivity contribution in [3.63, 3.8) is 0 Å². The molecule has 0 saturated carbocycles. The van der Waals surface area contributed by atoms with E-state index in [4.69, 9.17) is 9.47 Å². The van der Waals surface area contributed by atoms with Crippen molar-refractivity contribution in [2.75, 3.05) is 13.7 Å². The summed E-state index contributed by atoms with van der Waals surface area (Å²) < 4.78 is 10.1. The fourth-order valence-corrected chi connectivity index (χ4v) is 1.65. The van der Waals surface area contributed by atoms with Crippen LogP contribution in [0.15, 0.2) is 18.2 Å². The summed E-state index contributed by atoms with van der Waals surface area (Å²) in [4.78, 5) is 11.4. The molecule has 1 aliphatic heterocycles. The quantitative estimate of drug-likeness (QED) is 0.634. The Kier molecular flexibility index (Phi) is 2.15. The number of hydrogen-bond donors (Lipinski definition) is 0. The van der Waals surface area contributed by atoms with Crippen molar-refractivity contribution in [3.8, 4) is 5.75 Å². The number of aryl methyl sites for hydroxylation is 1. The van der Waals surface area contributed by atoms with Gasteiger partial charge < -0.3 is 9.47 Å². The van der Waals surface area contributed by atoms with Crippen molar-refractivity contribution in [2.45, 2.75) is 12.8 Å². The number of ether oxygens (including phenoxy) is 2. The highest BCUT2D eigenvalue weighted by Crippen LogP contribution is 2.34. The summed E-state index contributed by atoms with van der Waals surface area (Å²) in [6.07, 6.45) is 0. The SMILES string of the molecule is COC(=O)C1COc2cc(C)ccc21. The van der Waals surface area contributed by atoms with E-state index in [0.29, 0.717) is 6.61 Å². The molecular formula is C11H12O3. The van der Waals surface area contributed by atoms with Gasteiger partial charge in [0.15, 0.2) is 0 Å². The molecule has 0 radical (unpaired) electrons. The van der Waals surface area contributed by atoms with E-state index in [1.165, 1.54) is 7.11 Å². The second-order valence-corrected chi connectivity index (χ2v) is 3.43. The number of rotatable bonds is 1. The second-order valence-electron chi connectivity index (χ2n) is 3.43. The second kappa shape index (κ2) is 3.33. The van der Waals surface area contributed by atoms with Crippen LogP contribution in [0.25, 0.3) is 0 Å². The van der Waals surface area contributed by atoms with E-state index >= 15 is 0 Å². The molecule has 0 spiro atoms. The fraction of sp³-hybridized carbons (Fsp3) is 0.364. The Labute approximate surface area is 82.6 Å². The molecule has 74 valence electrons. The predicted molar refractivity (Wildman–Crippen MR) is 51.4 cm³/mol. The number of benzene rings is 1. The standard InChI is InChI=1S/C11H12O3/c1-7-3-4-8-9(11(12)13-2)6-14-10(8)5-7/h3-5,9H,6H2,1-2H3. The van der Waals surface area contributed by atoms with Crippen LogP contribution in [0.1, 0.15) is 17.0 Å². The maximum atomic E-state index is 11.4. The van der Waals surface area contributed by atoms with Crippen LogP contribution in [0, 0.1) is 6.92 Å². The zero-order valence-corrected chi connectivity index (χ0v) is 8.24. The minimum absolute atomic E-state index is 0.229. The van der Waals surface area contributed by atoms with Gasteiger partial charge in [-0.15, -0.1) is 0 Å². The van der Waals surface area contributed by atoms with Gasteiger partial charge in [0, 0.05) is 5.56 Å². The van der Waals surface area contributed by atoms with Gasteiger partial charge in [-0.3, -0.25) is 4.79 Å². The van der Waals surface area contributed by atoms with Gasteiger partial charge in [0.2, 0.25) is 0 Å². The Balaban J connectivity index is 2.35. The van der Waals surface area contributed by atoms with Crippen molar-refractivity contribution in [2.24, 2.45) is 0 Å². The number of methoxy groups -OCH3 is 1. The Bertz CT molecular complexity index is 371. The minimum Gasteiger partial charge on any atom is -0.492 e. The molecule has 14 heavy (non-hydrogen) atoms. The molecule has 0 fully saturated rings. The van der Waals surface area contributed by atoms with Gasteiger partial charge in [-0.2, -0.15) is 0 Å². The lowest BCUT2D eigenvalue weighted by Gasteiger charge is -2.05. The average molecular weight is 192 g/mol. The van der Waals surface area contributed by atoms with E-state index < -0.39 is 0 Å². The van der Waals surface area contributed by atoms with Crippen molar-refractivity contribution in [1.29, 1.82) is 0 Å². The van der Waals surface area contributed by atoms with Crippen LogP contribution in [-0.2, 0) is 9.53 Å². The molecule has 3 nitrogen and oxygen atoms in total. The third-order valence-electron chi connectivity index (χ3n) is 2.44. The summed E-state index contributed by atoms with van der Waals surface area (Å²) in [6.45, 7) is 2.39. The van der Waals surface area contributed by atoms with Gasteiger partial charge >= 0.3 is 5.97 Å². The lowest BCUT2D eigenvalue weighted by molar-refractivity contribution is -0.142. The summed E-state index contributed by atoms with van der Waals surface area (Å²) in [7, 11) is 1.40.